The van der Waals surface area contributed by atoms with Gasteiger partial charge in [-0.1, -0.05) is 66.7 Å². The van der Waals surface area contributed by atoms with E-state index in [1.54, 1.807) is 4.90 Å². The van der Waals surface area contributed by atoms with Gasteiger partial charge in [-0.25, -0.2) is 0 Å². The second-order valence-corrected chi connectivity index (χ2v) is 5.90. The Morgan fingerprint density at radius 1 is 0.750 bits per heavy atom. The summed E-state index contributed by atoms with van der Waals surface area (Å²) in [5.74, 6) is -0.649. The zero-order valence-corrected chi connectivity index (χ0v) is 13.0. The molecule has 0 spiro atoms. The molecule has 3 nitrogen and oxygen atoms in total. The van der Waals surface area contributed by atoms with Gasteiger partial charge in [0, 0.05) is 11.6 Å². The molecule has 0 aliphatic carbocycles. The number of fused-ring (bicyclic) bond motifs is 1. The molecule has 4 rings (SSSR count). The van der Waals surface area contributed by atoms with Crippen LogP contribution in [0.3, 0.4) is 0 Å². The molecule has 118 valence electrons. The minimum absolute atomic E-state index is 0.297. The molecule has 1 aliphatic heterocycles. The molecule has 0 aromatic heterocycles. The lowest BCUT2D eigenvalue weighted by Crippen LogP contribution is -2.44. The van der Waals surface area contributed by atoms with Gasteiger partial charge in [-0.05, 0) is 29.3 Å². The SMILES string of the molecule is O=C1[C@H](O)[C@H](c2ccccc2)c2ccccc2N1c1ccccc1. The van der Waals surface area contributed by atoms with Crippen LogP contribution in [0.4, 0.5) is 11.4 Å². The van der Waals surface area contributed by atoms with Crippen LogP contribution < -0.4 is 4.90 Å². The number of anilines is 2. The number of rotatable bonds is 2. The molecule has 3 heteroatoms. The molecular formula is C21H17NO2. The Labute approximate surface area is 140 Å². The summed E-state index contributed by atoms with van der Waals surface area (Å²) in [6.45, 7) is 0. The van der Waals surface area contributed by atoms with Gasteiger partial charge in [0.05, 0.1) is 5.69 Å². The number of nitrogens with zero attached hydrogens (tertiary/aromatic N) is 1. The van der Waals surface area contributed by atoms with E-state index in [1.807, 2.05) is 84.9 Å². The van der Waals surface area contributed by atoms with E-state index >= 15 is 0 Å². The summed E-state index contributed by atoms with van der Waals surface area (Å²) in [6, 6.07) is 26.9. The van der Waals surface area contributed by atoms with E-state index in [4.69, 9.17) is 0 Å². The zero-order valence-electron chi connectivity index (χ0n) is 13.0. The third-order valence-electron chi connectivity index (χ3n) is 4.47. The minimum atomic E-state index is -1.11. The van der Waals surface area contributed by atoms with Crippen LogP contribution in [-0.4, -0.2) is 17.1 Å². The van der Waals surface area contributed by atoms with E-state index < -0.39 is 6.10 Å². The highest BCUT2D eigenvalue weighted by atomic mass is 16.3. The molecule has 3 aromatic carbocycles. The molecule has 0 unspecified atom stereocenters. The first-order chi connectivity index (χ1) is 11.8. The fourth-order valence-corrected chi connectivity index (χ4v) is 3.38. The maximum absolute atomic E-state index is 12.9. The van der Waals surface area contributed by atoms with Crippen LogP contribution in [0, 0.1) is 0 Å². The third-order valence-corrected chi connectivity index (χ3v) is 4.47. The highest BCUT2D eigenvalue weighted by Crippen LogP contribution is 2.42. The van der Waals surface area contributed by atoms with Gasteiger partial charge >= 0.3 is 0 Å². The van der Waals surface area contributed by atoms with Crippen molar-refractivity contribution in [3.05, 3.63) is 96.1 Å². The fourth-order valence-electron chi connectivity index (χ4n) is 3.38. The average Bonchev–Trinajstić information content (AvgIpc) is 2.64. The lowest BCUT2D eigenvalue weighted by molar-refractivity contribution is -0.127. The standard InChI is InChI=1S/C21H17NO2/c23-20-19(15-9-3-1-4-10-15)17-13-7-8-14-18(17)22(21(20)24)16-11-5-2-6-12-16/h1-14,19-20,23H/t19-,20-/m1/s1. The molecular weight excluding hydrogens is 298 g/mol. The fraction of sp³-hybridized carbons (Fsp3) is 0.0952. The average molecular weight is 315 g/mol. The molecule has 2 atom stereocenters. The number of aliphatic hydroxyl groups is 1. The normalized spacial score (nSPS) is 19.9. The third kappa shape index (κ3) is 2.30. The van der Waals surface area contributed by atoms with Crippen molar-refractivity contribution < 1.29 is 9.90 Å². The van der Waals surface area contributed by atoms with Crippen molar-refractivity contribution in [2.45, 2.75) is 12.0 Å². The number of aliphatic hydroxyl groups excluding tert-OH is 1. The van der Waals surface area contributed by atoms with Crippen molar-refractivity contribution in [2.24, 2.45) is 0 Å². The van der Waals surface area contributed by atoms with Crippen LogP contribution in [-0.2, 0) is 4.79 Å². The largest absolute Gasteiger partial charge is 0.382 e. The van der Waals surface area contributed by atoms with Gasteiger partial charge in [-0.15, -0.1) is 0 Å². The van der Waals surface area contributed by atoms with Gasteiger partial charge in [0.1, 0.15) is 6.10 Å². The van der Waals surface area contributed by atoms with Crippen LogP contribution in [0.5, 0.6) is 0 Å². The topological polar surface area (TPSA) is 40.5 Å². The highest BCUT2D eigenvalue weighted by Gasteiger charge is 2.40. The number of carbonyl (C=O) groups is 1. The molecule has 1 N–H and O–H groups in total. The zero-order chi connectivity index (χ0) is 16.5. The molecule has 24 heavy (non-hydrogen) atoms. The second-order valence-electron chi connectivity index (χ2n) is 5.90. The molecule has 0 radical (unpaired) electrons. The van der Waals surface area contributed by atoms with Crippen LogP contribution in [0.1, 0.15) is 17.0 Å². The van der Waals surface area contributed by atoms with E-state index in [0.717, 1.165) is 22.5 Å². The Morgan fingerprint density at radius 3 is 2.04 bits per heavy atom. The second kappa shape index (κ2) is 5.95. The smallest absolute Gasteiger partial charge is 0.261 e. The first-order valence-corrected chi connectivity index (χ1v) is 7.98. The molecule has 1 aliphatic rings. The summed E-state index contributed by atoms with van der Waals surface area (Å²) < 4.78 is 0. The predicted molar refractivity (Wildman–Crippen MR) is 94.3 cm³/mol. The Balaban J connectivity index is 1.90. The van der Waals surface area contributed by atoms with Crippen LogP contribution in [0.25, 0.3) is 0 Å². The Hall–Kier alpha value is -2.91. The number of carbonyl (C=O) groups excluding carboxylic acids is 1. The van der Waals surface area contributed by atoms with Crippen molar-refractivity contribution >= 4 is 17.3 Å². The van der Waals surface area contributed by atoms with Gasteiger partial charge < -0.3 is 5.11 Å². The van der Waals surface area contributed by atoms with Crippen LogP contribution in [0.15, 0.2) is 84.9 Å². The minimum Gasteiger partial charge on any atom is -0.382 e. The number of hydrogen-bond donors (Lipinski definition) is 1. The van der Waals surface area contributed by atoms with Crippen LogP contribution >= 0.6 is 0 Å². The maximum atomic E-state index is 12.9. The summed E-state index contributed by atoms with van der Waals surface area (Å²) in [5.41, 5.74) is 3.49. The number of hydrogen-bond acceptors (Lipinski definition) is 2. The molecule has 0 saturated heterocycles. The van der Waals surface area contributed by atoms with Gasteiger partial charge in [0.25, 0.3) is 5.91 Å². The van der Waals surface area contributed by atoms with Gasteiger partial charge in [-0.3, -0.25) is 9.69 Å². The quantitative estimate of drug-likeness (QED) is 0.780. The van der Waals surface area contributed by atoms with E-state index in [1.165, 1.54) is 0 Å². The lowest BCUT2D eigenvalue weighted by atomic mass is 9.82. The Kier molecular flexibility index (Phi) is 3.63. The molecule has 3 aromatic rings. The number of amides is 1. The van der Waals surface area contributed by atoms with Crippen molar-refractivity contribution in [2.75, 3.05) is 4.90 Å². The van der Waals surface area contributed by atoms with Crippen LogP contribution in [0.2, 0.25) is 0 Å². The van der Waals surface area contributed by atoms with E-state index in [-0.39, 0.29) is 11.8 Å². The monoisotopic (exact) mass is 315 g/mol. The molecule has 0 saturated carbocycles. The summed E-state index contributed by atoms with van der Waals surface area (Å²) in [4.78, 5) is 14.6. The van der Waals surface area contributed by atoms with Gasteiger partial charge in [-0.2, -0.15) is 0 Å². The van der Waals surface area contributed by atoms with E-state index in [2.05, 4.69) is 0 Å². The summed E-state index contributed by atoms with van der Waals surface area (Å²) in [5, 5.41) is 10.8. The van der Waals surface area contributed by atoms with Crippen molar-refractivity contribution in [1.82, 2.24) is 0 Å². The number of benzene rings is 3. The summed E-state index contributed by atoms with van der Waals surface area (Å²) in [6.07, 6.45) is -1.11. The predicted octanol–water partition coefficient (Wildman–Crippen LogP) is 3.86. The Bertz CT molecular complexity index is 861. The maximum Gasteiger partial charge on any atom is 0.261 e. The van der Waals surface area contributed by atoms with Crippen molar-refractivity contribution in [3.8, 4) is 0 Å². The molecule has 1 amide bonds. The molecule has 0 bridgehead atoms. The van der Waals surface area contributed by atoms with E-state index in [9.17, 15) is 9.90 Å². The van der Waals surface area contributed by atoms with Crippen molar-refractivity contribution in [1.29, 1.82) is 0 Å². The Morgan fingerprint density at radius 2 is 1.33 bits per heavy atom. The number of para-hydroxylation sites is 2. The molecule has 1 heterocycles. The van der Waals surface area contributed by atoms with Gasteiger partial charge in [0.2, 0.25) is 0 Å². The lowest BCUT2D eigenvalue weighted by Gasteiger charge is -2.37. The summed E-state index contributed by atoms with van der Waals surface area (Å²) in [7, 11) is 0. The highest BCUT2D eigenvalue weighted by molar-refractivity contribution is 6.06. The molecule has 0 fully saturated rings. The summed E-state index contributed by atoms with van der Waals surface area (Å²) >= 11 is 0. The first-order valence-electron chi connectivity index (χ1n) is 7.98. The van der Waals surface area contributed by atoms with E-state index in [0.29, 0.717) is 0 Å². The van der Waals surface area contributed by atoms with Gasteiger partial charge in [0.15, 0.2) is 0 Å². The first kappa shape index (κ1) is 14.7. The van der Waals surface area contributed by atoms with Crippen molar-refractivity contribution in [3.63, 3.8) is 0 Å².